The van der Waals surface area contributed by atoms with E-state index >= 15 is 0 Å². The van der Waals surface area contributed by atoms with Gasteiger partial charge in [-0.2, -0.15) is 0 Å². The molecule has 0 aliphatic carbocycles. The molecule has 134 valence electrons. The zero-order valence-corrected chi connectivity index (χ0v) is 14.9. The average molecular weight is 341 g/mol. The SMILES string of the molecule is CN(Cc1cccnc1)C[C@H]1CCC2(CN(Cc3ccoc3)C2)OC1. The van der Waals surface area contributed by atoms with E-state index in [-0.39, 0.29) is 5.60 Å². The fourth-order valence-corrected chi connectivity index (χ4v) is 4.14. The quantitative estimate of drug-likeness (QED) is 0.808. The molecular weight excluding hydrogens is 314 g/mol. The molecule has 4 heterocycles. The normalized spacial score (nSPS) is 23.0. The van der Waals surface area contributed by atoms with Crippen LogP contribution in [0.2, 0.25) is 0 Å². The van der Waals surface area contributed by atoms with E-state index in [1.54, 1.807) is 6.26 Å². The maximum atomic E-state index is 6.31. The van der Waals surface area contributed by atoms with Gasteiger partial charge in [-0.3, -0.25) is 9.88 Å². The second-order valence-electron chi connectivity index (χ2n) is 7.73. The summed E-state index contributed by atoms with van der Waals surface area (Å²) >= 11 is 0. The molecule has 0 aromatic carbocycles. The van der Waals surface area contributed by atoms with Crippen molar-refractivity contribution in [3.8, 4) is 0 Å². The number of pyridine rings is 1. The summed E-state index contributed by atoms with van der Waals surface area (Å²) in [6.07, 6.45) is 9.80. The second-order valence-corrected chi connectivity index (χ2v) is 7.73. The van der Waals surface area contributed by atoms with Crippen LogP contribution in [-0.2, 0) is 17.8 Å². The van der Waals surface area contributed by atoms with Crippen molar-refractivity contribution in [2.45, 2.75) is 31.5 Å². The molecule has 2 aliphatic heterocycles. The van der Waals surface area contributed by atoms with Gasteiger partial charge in [-0.15, -0.1) is 0 Å². The minimum Gasteiger partial charge on any atom is -0.472 e. The maximum Gasteiger partial charge on any atom is 0.0947 e. The first kappa shape index (κ1) is 16.8. The third-order valence-corrected chi connectivity index (χ3v) is 5.39. The van der Waals surface area contributed by atoms with Crippen LogP contribution in [0.3, 0.4) is 0 Å². The van der Waals surface area contributed by atoms with Gasteiger partial charge in [-0.1, -0.05) is 6.07 Å². The topological polar surface area (TPSA) is 41.7 Å². The van der Waals surface area contributed by atoms with E-state index in [0.29, 0.717) is 5.92 Å². The average Bonchev–Trinajstić information content (AvgIpc) is 3.09. The number of hydrogen-bond donors (Lipinski definition) is 0. The number of ether oxygens (including phenoxy) is 1. The number of nitrogens with zero attached hydrogens (tertiary/aromatic N) is 3. The minimum absolute atomic E-state index is 0.113. The summed E-state index contributed by atoms with van der Waals surface area (Å²) in [5.74, 6) is 0.634. The molecule has 2 fully saturated rings. The number of aromatic nitrogens is 1. The van der Waals surface area contributed by atoms with Gasteiger partial charge in [-0.25, -0.2) is 0 Å². The molecule has 2 aromatic heterocycles. The van der Waals surface area contributed by atoms with E-state index < -0.39 is 0 Å². The van der Waals surface area contributed by atoms with Gasteiger partial charge >= 0.3 is 0 Å². The predicted molar refractivity (Wildman–Crippen MR) is 96.0 cm³/mol. The van der Waals surface area contributed by atoms with E-state index in [4.69, 9.17) is 9.15 Å². The molecule has 0 unspecified atom stereocenters. The Bertz CT molecular complexity index is 643. The van der Waals surface area contributed by atoms with Crippen LogP contribution in [0.1, 0.15) is 24.0 Å². The van der Waals surface area contributed by atoms with Crippen LogP contribution in [0.5, 0.6) is 0 Å². The van der Waals surface area contributed by atoms with Crippen LogP contribution >= 0.6 is 0 Å². The van der Waals surface area contributed by atoms with E-state index in [9.17, 15) is 0 Å². The molecule has 0 saturated carbocycles. The molecule has 1 atom stereocenters. The van der Waals surface area contributed by atoms with Gasteiger partial charge in [0.2, 0.25) is 0 Å². The van der Waals surface area contributed by atoms with Gasteiger partial charge in [0.25, 0.3) is 0 Å². The van der Waals surface area contributed by atoms with Crippen molar-refractivity contribution in [1.82, 2.24) is 14.8 Å². The van der Waals surface area contributed by atoms with Crippen LogP contribution in [0.4, 0.5) is 0 Å². The Morgan fingerprint density at radius 1 is 1.32 bits per heavy atom. The van der Waals surface area contributed by atoms with Crippen molar-refractivity contribution in [3.05, 3.63) is 54.2 Å². The first-order chi connectivity index (χ1) is 12.2. The van der Waals surface area contributed by atoms with Crippen LogP contribution in [-0.4, -0.2) is 53.7 Å². The molecule has 4 rings (SSSR count). The van der Waals surface area contributed by atoms with Gasteiger partial charge in [-0.05, 0) is 43.5 Å². The highest BCUT2D eigenvalue weighted by Crippen LogP contribution is 2.36. The smallest absolute Gasteiger partial charge is 0.0947 e. The van der Waals surface area contributed by atoms with Gasteiger partial charge in [0.15, 0.2) is 0 Å². The monoisotopic (exact) mass is 341 g/mol. The lowest BCUT2D eigenvalue weighted by atomic mass is 9.82. The molecule has 2 aromatic rings. The highest BCUT2D eigenvalue weighted by Gasteiger charge is 2.46. The Morgan fingerprint density at radius 2 is 2.24 bits per heavy atom. The summed E-state index contributed by atoms with van der Waals surface area (Å²) in [6, 6.07) is 6.18. The van der Waals surface area contributed by atoms with Crippen LogP contribution in [0.25, 0.3) is 0 Å². The zero-order chi connectivity index (χ0) is 17.1. The zero-order valence-electron chi connectivity index (χ0n) is 14.9. The first-order valence-electron chi connectivity index (χ1n) is 9.16. The Hall–Kier alpha value is -1.69. The molecule has 1 spiro atoms. The van der Waals surface area contributed by atoms with E-state index in [1.807, 2.05) is 30.8 Å². The molecule has 0 bridgehead atoms. The lowest BCUT2D eigenvalue weighted by Crippen LogP contribution is -2.64. The maximum absolute atomic E-state index is 6.31. The largest absolute Gasteiger partial charge is 0.472 e. The molecule has 0 amide bonds. The number of rotatable bonds is 6. The van der Waals surface area contributed by atoms with Gasteiger partial charge in [0.1, 0.15) is 0 Å². The van der Waals surface area contributed by atoms with Crippen LogP contribution < -0.4 is 0 Å². The van der Waals surface area contributed by atoms with Crippen molar-refractivity contribution in [3.63, 3.8) is 0 Å². The summed E-state index contributed by atoms with van der Waals surface area (Å²) in [7, 11) is 2.19. The van der Waals surface area contributed by atoms with Crippen LogP contribution in [0, 0.1) is 5.92 Å². The third-order valence-electron chi connectivity index (χ3n) is 5.39. The summed E-state index contributed by atoms with van der Waals surface area (Å²) < 4.78 is 11.5. The fourth-order valence-electron chi connectivity index (χ4n) is 4.14. The summed E-state index contributed by atoms with van der Waals surface area (Å²) in [5.41, 5.74) is 2.63. The fraction of sp³-hybridized carbons (Fsp3) is 0.550. The number of likely N-dealkylation sites (tertiary alicyclic amines) is 1. The van der Waals surface area contributed by atoms with Crippen LogP contribution in [0.15, 0.2) is 47.5 Å². The number of furan rings is 1. The number of hydrogen-bond acceptors (Lipinski definition) is 5. The highest BCUT2D eigenvalue weighted by atomic mass is 16.5. The van der Waals surface area contributed by atoms with E-state index in [2.05, 4.69) is 27.9 Å². The Kier molecular flexibility index (Phi) is 4.88. The molecule has 2 aliphatic rings. The van der Waals surface area contributed by atoms with E-state index in [1.165, 1.54) is 24.0 Å². The minimum atomic E-state index is 0.113. The Balaban J connectivity index is 1.19. The third kappa shape index (κ3) is 4.11. The standard InChI is InChI=1S/C20H27N3O2/c1-22(10-17-3-2-7-21-9-17)11-18-4-6-20(25-14-18)15-23(16-20)12-19-5-8-24-13-19/h2-3,5,7-9,13,18H,4,6,10-12,14-16H2,1H3/t18-/m1/s1. The molecule has 0 N–H and O–H groups in total. The highest BCUT2D eigenvalue weighted by molar-refractivity contribution is 5.09. The molecular formula is C20H27N3O2. The van der Waals surface area contributed by atoms with Gasteiger partial charge < -0.3 is 14.1 Å². The lowest BCUT2D eigenvalue weighted by molar-refractivity contribution is -0.183. The second kappa shape index (κ2) is 7.28. The molecule has 2 saturated heterocycles. The van der Waals surface area contributed by atoms with E-state index in [0.717, 1.165) is 39.3 Å². The van der Waals surface area contributed by atoms with Crippen molar-refractivity contribution in [2.24, 2.45) is 5.92 Å². The lowest BCUT2D eigenvalue weighted by Gasteiger charge is -2.53. The summed E-state index contributed by atoms with van der Waals surface area (Å²) in [5, 5.41) is 0. The summed E-state index contributed by atoms with van der Waals surface area (Å²) in [6.45, 7) is 6.00. The molecule has 0 radical (unpaired) electrons. The summed E-state index contributed by atoms with van der Waals surface area (Å²) in [4.78, 5) is 9.02. The Labute approximate surface area is 149 Å². The Morgan fingerprint density at radius 3 is 2.92 bits per heavy atom. The van der Waals surface area contributed by atoms with Crippen molar-refractivity contribution in [2.75, 3.05) is 33.3 Å². The van der Waals surface area contributed by atoms with Crippen molar-refractivity contribution in [1.29, 1.82) is 0 Å². The van der Waals surface area contributed by atoms with Crippen molar-refractivity contribution >= 4 is 0 Å². The van der Waals surface area contributed by atoms with Gasteiger partial charge in [0, 0.05) is 50.7 Å². The molecule has 25 heavy (non-hydrogen) atoms. The first-order valence-corrected chi connectivity index (χ1v) is 9.16. The predicted octanol–water partition coefficient (Wildman–Crippen LogP) is 2.79. The van der Waals surface area contributed by atoms with Crippen molar-refractivity contribution < 1.29 is 9.15 Å². The van der Waals surface area contributed by atoms with Gasteiger partial charge in [0.05, 0.1) is 24.7 Å². The molecule has 5 heteroatoms. The molecule has 5 nitrogen and oxygen atoms in total.